The first kappa shape index (κ1) is 13.8. The molecule has 0 aliphatic carbocycles. The lowest BCUT2D eigenvalue weighted by molar-refractivity contribution is 0.0925. The van der Waals surface area contributed by atoms with Crippen molar-refractivity contribution in [2.45, 2.75) is 10.6 Å². The van der Waals surface area contributed by atoms with Crippen LogP contribution in [0.2, 0.25) is 5.02 Å². The summed E-state index contributed by atoms with van der Waals surface area (Å²) in [6, 6.07) is 6.98. The summed E-state index contributed by atoms with van der Waals surface area (Å²) in [5.41, 5.74) is 9.12. The average molecular weight is 298 g/mol. The summed E-state index contributed by atoms with van der Waals surface area (Å²) < 4.78 is 5.10. The molecule has 1 heterocycles. The molecule has 0 saturated carbocycles. The number of hydrogen-bond acceptors (Lipinski definition) is 5. The van der Waals surface area contributed by atoms with Crippen LogP contribution in [0.25, 0.3) is 0 Å². The van der Waals surface area contributed by atoms with E-state index >= 15 is 0 Å². The zero-order valence-electron chi connectivity index (χ0n) is 9.85. The highest BCUT2D eigenvalue weighted by molar-refractivity contribution is 7.98. The molecular formula is C12H12ClN3O2S. The number of furan rings is 1. The third-order valence-electron chi connectivity index (χ3n) is 2.42. The Kier molecular flexibility index (Phi) is 4.36. The van der Waals surface area contributed by atoms with Crippen LogP contribution in [0.3, 0.4) is 0 Å². The zero-order chi connectivity index (χ0) is 13.8. The molecule has 0 aliphatic rings. The Labute approximate surface area is 119 Å². The molecule has 2 rings (SSSR count). The highest BCUT2D eigenvalue weighted by Gasteiger charge is 2.14. The van der Waals surface area contributed by atoms with Crippen molar-refractivity contribution in [2.75, 3.05) is 5.73 Å². The van der Waals surface area contributed by atoms with Crippen molar-refractivity contribution in [1.29, 1.82) is 0 Å². The molecule has 2 aromatic rings. The van der Waals surface area contributed by atoms with E-state index in [1.54, 1.807) is 24.3 Å². The van der Waals surface area contributed by atoms with E-state index in [2.05, 4.69) is 0 Å². The normalized spacial score (nSPS) is 10.4. The number of thioether (sulfide) groups is 1. The first-order valence-corrected chi connectivity index (χ1v) is 6.73. The van der Waals surface area contributed by atoms with Crippen LogP contribution in [-0.4, -0.2) is 5.91 Å². The fourth-order valence-corrected chi connectivity index (χ4v) is 2.75. The highest BCUT2D eigenvalue weighted by atomic mass is 35.5. The monoisotopic (exact) mass is 297 g/mol. The summed E-state index contributed by atoms with van der Waals surface area (Å²) in [6.45, 7) is 0. The topological polar surface area (TPSA) is 94.3 Å². The lowest BCUT2D eigenvalue weighted by atomic mass is 10.3. The number of nitrogens with two attached hydrogens (primary N) is 2. The van der Waals surface area contributed by atoms with Crippen molar-refractivity contribution in [3.05, 3.63) is 46.9 Å². The van der Waals surface area contributed by atoms with E-state index in [9.17, 15) is 4.79 Å². The molecule has 19 heavy (non-hydrogen) atoms. The lowest BCUT2D eigenvalue weighted by Gasteiger charge is -2.05. The molecule has 0 saturated heterocycles. The fraction of sp³-hybridized carbons (Fsp3) is 0.0833. The van der Waals surface area contributed by atoms with Crippen LogP contribution >= 0.6 is 23.4 Å². The van der Waals surface area contributed by atoms with Crippen molar-refractivity contribution in [1.82, 2.24) is 5.43 Å². The van der Waals surface area contributed by atoms with Gasteiger partial charge >= 0.3 is 5.91 Å². The number of nitrogen functional groups attached to an aromatic ring is 2. The zero-order valence-corrected chi connectivity index (χ0v) is 11.4. The largest absolute Gasteiger partial charge is 0.459 e. The summed E-state index contributed by atoms with van der Waals surface area (Å²) in [5.74, 6) is 5.35. The maximum Gasteiger partial charge on any atom is 0.301 e. The Balaban J connectivity index is 2.13. The van der Waals surface area contributed by atoms with Gasteiger partial charge in [-0.05, 0) is 24.3 Å². The molecule has 100 valence electrons. The summed E-state index contributed by atoms with van der Waals surface area (Å²) in [4.78, 5) is 12.3. The number of anilines is 1. The van der Waals surface area contributed by atoms with Crippen LogP contribution in [0.4, 0.5) is 5.69 Å². The quantitative estimate of drug-likeness (QED) is 0.265. The molecular weight excluding hydrogens is 286 g/mol. The van der Waals surface area contributed by atoms with Crippen molar-refractivity contribution >= 4 is 35.0 Å². The Morgan fingerprint density at radius 1 is 1.42 bits per heavy atom. The second-order valence-electron chi connectivity index (χ2n) is 3.73. The third-order valence-corrected chi connectivity index (χ3v) is 3.97. The maximum atomic E-state index is 11.4. The van der Waals surface area contributed by atoms with Crippen molar-refractivity contribution in [3.63, 3.8) is 0 Å². The molecule has 0 atom stereocenters. The fourth-order valence-electron chi connectivity index (χ4n) is 1.50. The average Bonchev–Trinajstić information content (AvgIpc) is 2.87. The molecule has 0 unspecified atom stereocenters. The van der Waals surface area contributed by atoms with Crippen molar-refractivity contribution in [3.8, 4) is 0 Å². The van der Waals surface area contributed by atoms with E-state index in [-0.39, 0.29) is 5.76 Å². The Morgan fingerprint density at radius 3 is 2.95 bits per heavy atom. The molecule has 0 fully saturated rings. The minimum Gasteiger partial charge on any atom is -0.459 e. The standard InChI is InChI=1S/C12H12ClN3O2S/c13-9-2-1-8(14)5-10(9)19-6-7-3-4-18-11(7)12(17)16-15/h1-5H,6,14-15H2,(H,16,17). The lowest BCUT2D eigenvalue weighted by Crippen LogP contribution is -2.30. The van der Waals surface area contributed by atoms with Crippen LogP contribution in [0, 0.1) is 0 Å². The number of hydrogen-bond donors (Lipinski definition) is 3. The highest BCUT2D eigenvalue weighted by Crippen LogP contribution is 2.32. The van der Waals surface area contributed by atoms with Crippen LogP contribution in [-0.2, 0) is 5.75 Å². The van der Waals surface area contributed by atoms with Gasteiger partial charge in [0, 0.05) is 21.9 Å². The number of benzene rings is 1. The molecule has 7 heteroatoms. The summed E-state index contributed by atoms with van der Waals surface area (Å²) in [5, 5.41) is 0.618. The molecule has 0 bridgehead atoms. The van der Waals surface area contributed by atoms with Crippen molar-refractivity contribution in [2.24, 2.45) is 5.84 Å². The number of halogens is 1. The molecule has 1 aromatic heterocycles. The van der Waals surface area contributed by atoms with Gasteiger partial charge in [-0.3, -0.25) is 10.2 Å². The predicted molar refractivity (Wildman–Crippen MR) is 75.8 cm³/mol. The van der Waals surface area contributed by atoms with Gasteiger partial charge in [-0.2, -0.15) is 0 Å². The van der Waals surface area contributed by atoms with E-state index in [0.29, 0.717) is 16.5 Å². The van der Waals surface area contributed by atoms with Gasteiger partial charge < -0.3 is 10.2 Å². The van der Waals surface area contributed by atoms with Gasteiger partial charge in [-0.25, -0.2) is 5.84 Å². The van der Waals surface area contributed by atoms with Gasteiger partial charge in [0.25, 0.3) is 0 Å². The van der Waals surface area contributed by atoms with E-state index in [1.165, 1.54) is 18.0 Å². The Bertz CT molecular complexity index is 600. The number of rotatable bonds is 4. The van der Waals surface area contributed by atoms with Crippen LogP contribution in [0.1, 0.15) is 16.1 Å². The summed E-state index contributed by atoms with van der Waals surface area (Å²) in [6.07, 6.45) is 1.45. The van der Waals surface area contributed by atoms with Crippen molar-refractivity contribution < 1.29 is 9.21 Å². The van der Waals surface area contributed by atoms with E-state index < -0.39 is 5.91 Å². The van der Waals surface area contributed by atoms with Crippen LogP contribution in [0.5, 0.6) is 0 Å². The van der Waals surface area contributed by atoms with Gasteiger partial charge in [0.2, 0.25) is 0 Å². The van der Waals surface area contributed by atoms with Gasteiger partial charge in [-0.15, -0.1) is 11.8 Å². The number of nitrogens with one attached hydrogen (secondary N) is 1. The maximum absolute atomic E-state index is 11.4. The van der Waals surface area contributed by atoms with Crippen LogP contribution in [0.15, 0.2) is 39.8 Å². The molecule has 5 nitrogen and oxygen atoms in total. The predicted octanol–water partition coefficient (Wildman–Crippen LogP) is 2.41. The second-order valence-corrected chi connectivity index (χ2v) is 5.15. The SMILES string of the molecule is NNC(=O)c1occc1CSc1cc(N)ccc1Cl. The number of carbonyl (C=O) groups excluding carboxylic acids is 1. The number of amides is 1. The number of carbonyl (C=O) groups is 1. The van der Waals surface area contributed by atoms with E-state index in [4.69, 9.17) is 27.6 Å². The van der Waals surface area contributed by atoms with Gasteiger partial charge in [0.15, 0.2) is 5.76 Å². The Morgan fingerprint density at radius 2 is 2.21 bits per heavy atom. The van der Waals surface area contributed by atoms with Gasteiger partial charge in [0.05, 0.1) is 11.3 Å². The molecule has 1 aromatic carbocycles. The smallest absolute Gasteiger partial charge is 0.301 e. The molecule has 0 aliphatic heterocycles. The third kappa shape index (κ3) is 3.23. The van der Waals surface area contributed by atoms with E-state index in [1.807, 2.05) is 5.43 Å². The minimum absolute atomic E-state index is 0.204. The van der Waals surface area contributed by atoms with Crippen LogP contribution < -0.4 is 17.0 Å². The second kappa shape index (κ2) is 6.01. The summed E-state index contributed by atoms with van der Waals surface area (Å²) >= 11 is 7.54. The molecule has 0 radical (unpaired) electrons. The van der Waals surface area contributed by atoms with E-state index in [0.717, 1.165) is 10.5 Å². The molecule has 5 N–H and O–H groups in total. The molecule has 0 spiro atoms. The number of hydrazine groups is 1. The first-order chi connectivity index (χ1) is 9.11. The molecule has 1 amide bonds. The summed E-state index contributed by atoms with van der Waals surface area (Å²) in [7, 11) is 0. The minimum atomic E-state index is -0.459. The first-order valence-electron chi connectivity index (χ1n) is 5.37. The van der Waals surface area contributed by atoms with Gasteiger partial charge in [0.1, 0.15) is 0 Å². The Hall–Kier alpha value is -1.63. The van der Waals surface area contributed by atoms with Gasteiger partial charge in [-0.1, -0.05) is 11.6 Å².